The molecule has 0 unspecified atom stereocenters. The number of nitrogens with one attached hydrogen (secondary N) is 1. The fourth-order valence-electron chi connectivity index (χ4n) is 2.88. The van der Waals surface area contributed by atoms with E-state index in [0.29, 0.717) is 6.04 Å². The Kier molecular flexibility index (Phi) is 6.71. The van der Waals surface area contributed by atoms with Gasteiger partial charge in [0.25, 0.3) is 0 Å². The van der Waals surface area contributed by atoms with E-state index in [1.807, 2.05) is 13.8 Å². The van der Waals surface area contributed by atoms with Gasteiger partial charge in [-0.05, 0) is 58.9 Å². The van der Waals surface area contributed by atoms with Crippen LogP contribution in [0.2, 0.25) is 0 Å². The largest absolute Gasteiger partial charge is 0.314 e. The highest BCUT2D eigenvalue weighted by Crippen LogP contribution is 2.26. The van der Waals surface area contributed by atoms with E-state index < -0.39 is 0 Å². The Morgan fingerprint density at radius 1 is 1.22 bits per heavy atom. The van der Waals surface area contributed by atoms with Crippen LogP contribution in [0.3, 0.4) is 0 Å². The van der Waals surface area contributed by atoms with Crippen LogP contribution in [0.4, 0.5) is 0 Å². The van der Waals surface area contributed by atoms with Crippen molar-refractivity contribution in [2.75, 3.05) is 6.54 Å². The van der Waals surface area contributed by atoms with Crippen molar-refractivity contribution in [2.45, 2.75) is 78.2 Å². The lowest BCUT2D eigenvalue weighted by Gasteiger charge is -2.28. The highest BCUT2D eigenvalue weighted by Gasteiger charge is 2.19. The number of rotatable bonds is 7. The Morgan fingerprint density at radius 3 is 2.50 bits per heavy atom. The molecule has 104 valence electrons. The van der Waals surface area contributed by atoms with Gasteiger partial charge < -0.3 is 5.32 Å². The van der Waals surface area contributed by atoms with E-state index in [1.54, 1.807) is 0 Å². The van der Waals surface area contributed by atoms with Crippen molar-refractivity contribution in [1.82, 2.24) is 5.32 Å². The lowest BCUT2D eigenvalue weighted by atomic mass is 9.84. The first-order valence-corrected chi connectivity index (χ1v) is 7.70. The average molecular weight is 250 g/mol. The van der Waals surface area contributed by atoms with E-state index in [4.69, 9.17) is 5.26 Å². The zero-order valence-corrected chi connectivity index (χ0v) is 12.5. The summed E-state index contributed by atoms with van der Waals surface area (Å²) in [6.45, 7) is 7.52. The second kappa shape index (κ2) is 7.79. The van der Waals surface area contributed by atoms with Gasteiger partial charge in [0.15, 0.2) is 0 Å². The van der Waals surface area contributed by atoms with E-state index in [2.05, 4.69) is 18.3 Å². The molecule has 1 atom stereocenters. The molecule has 1 fully saturated rings. The van der Waals surface area contributed by atoms with Crippen LogP contribution >= 0.6 is 0 Å². The molecular formula is C16H30N2. The zero-order valence-electron chi connectivity index (χ0n) is 12.5. The van der Waals surface area contributed by atoms with Gasteiger partial charge in [0.1, 0.15) is 0 Å². The van der Waals surface area contributed by atoms with E-state index in [9.17, 15) is 0 Å². The molecule has 1 N–H and O–H groups in total. The monoisotopic (exact) mass is 250 g/mol. The first kappa shape index (κ1) is 15.5. The Morgan fingerprint density at radius 2 is 1.89 bits per heavy atom. The third-order valence-corrected chi connectivity index (χ3v) is 4.35. The van der Waals surface area contributed by atoms with Gasteiger partial charge in [0.05, 0.1) is 11.5 Å². The summed E-state index contributed by atoms with van der Waals surface area (Å²) in [6.07, 6.45) is 10.5. The van der Waals surface area contributed by atoms with Gasteiger partial charge >= 0.3 is 0 Å². The predicted molar refractivity (Wildman–Crippen MR) is 77.3 cm³/mol. The maximum absolute atomic E-state index is 8.94. The molecule has 0 spiro atoms. The van der Waals surface area contributed by atoms with Crippen LogP contribution in [0.1, 0.15) is 72.1 Å². The summed E-state index contributed by atoms with van der Waals surface area (Å²) >= 11 is 0. The molecule has 0 aromatic carbocycles. The first-order chi connectivity index (χ1) is 8.55. The number of unbranched alkanes of at least 4 members (excludes halogenated alkanes) is 1. The van der Waals surface area contributed by atoms with Gasteiger partial charge in [0.2, 0.25) is 0 Å². The van der Waals surface area contributed by atoms with Crippen LogP contribution in [0, 0.1) is 22.7 Å². The van der Waals surface area contributed by atoms with Gasteiger partial charge in [0, 0.05) is 6.04 Å². The molecule has 1 aliphatic carbocycles. The Balaban J connectivity index is 2.05. The average Bonchev–Trinajstić information content (AvgIpc) is 2.39. The van der Waals surface area contributed by atoms with E-state index in [0.717, 1.165) is 25.3 Å². The quantitative estimate of drug-likeness (QED) is 0.685. The van der Waals surface area contributed by atoms with Gasteiger partial charge in [-0.3, -0.25) is 0 Å². The maximum Gasteiger partial charge on any atom is 0.0683 e. The van der Waals surface area contributed by atoms with Crippen LogP contribution in [-0.2, 0) is 0 Å². The van der Waals surface area contributed by atoms with Gasteiger partial charge in [-0.1, -0.05) is 25.7 Å². The molecule has 0 heterocycles. The van der Waals surface area contributed by atoms with Crippen LogP contribution in [0.5, 0.6) is 0 Å². The second-order valence-electron chi connectivity index (χ2n) is 6.59. The van der Waals surface area contributed by atoms with E-state index in [-0.39, 0.29) is 5.41 Å². The normalized spacial score (nSPS) is 19.4. The van der Waals surface area contributed by atoms with Crippen molar-refractivity contribution in [3.05, 3.63) is 0 Å². The van der Waals surface area contributed by atoms with Crippen LogP contribution in [0.15, 0.2) is 0 Å². The van der Waals surface area contributed by atoms with Crippen molar-refractivity contribution in [1.29, 1.82) is 5.26 Å². The number of hydrogen-bond acceptors (Lipinski definition) is 2. The molecule has 0 saturated heterocycles. The van der Waals surface area contributed by atoms with Gasteiger partial charge in [-0.25, -0.2) is 0 Å². The van der Waals surface area contributed by atoms with Crippen molar-refractivity contribution in [2.24, 2.45) is 11.3 Å². The van der Waals surface area contributed by atoms with Gasteiger partial charge in [-0.15, -0.1) is 0 Å². The first-order valence-electron chi connectivity index (χ1n) is 7.70. The van der Waals surface area contributed by atoms with Crippen molar-refractivity contribution < 1.29 is 0 Å². The molecule has 0 amide bonds. The van der Waals surface area contributed by atoms with Crippen molar-refractivity contribution >= 4 is 0 Å². The van der Waals surface area contributed by atoms with E-state index in [1.165, 1.54) is 38.5 Å². The predicted octanol–water partition coefficient (Wildman–Crippen LogP) is 4.26. The minimum absolute atomic E-state index is 0.144. The smallest absolute Gasteiger partial charge is 0.0683 e. The van der Waals surface area contributed by atoms with E-state index >= 15 is 0 Å². The minimum atomic E-state index is -0.144. The molecule has 0 bridgehead atoms. The Labute approximate surface area is 113 Å². The summed E-state index contributed by atoms with van der Waals surface area (Å²) in [5.41, 5.74) is -0.144. The molecule has 2 nitrogen and oxygen atoms in total. The van der Waals surface area contributed by atoms with Crippen LogP contribution < -0.4 is 5.32 Å². The number of hydrogen-bond donors (Lipinski definition) is 1. The summed E-state index contributed by atoms with van der Waals surface area (Å²) in [5.74, 6) is 0.897. The maximum atomic E-state index is 8.94. The molecule has 1 saturated carbocycles. The molecule has 0 aromatic heterocycles. The Bertz CT molecular complexity index is 259. The molecule has 0 radical (unpaired) electrons. The highest BCUT2D eigenvalue weighted by atomic mass is 14.9. The summed E-state index contributed by atoms with van der Waals surface area (Å²) in [4.78, 5) is 0. The fourth-order valence-corrected chi connectivity index (χ4v) is 2.88. The molecule has 1 rings (SSSR count). The standard InChI is InChI=1S/C16H30N2/c1-14(15-9-5-4-6-10-15)18-12-8-7-11-16(2,3)13-17/h14-15,18H,4-12H2,1-3H3/t14-/m0/s1. The highest BCUT2D eigenvalue weighted by molar-refractivity contribution is 4.91. The SMILES string of the molecule is C[C@H](NCCCCC(C)(C)C#N)C1CCCCC1. The number of nitrogens with zero attached hydrogens (tertiary/aromatic N) is 1. The summed E-state index contributed by atoms with van der Waals surface area (Å²) in [6, 6.07) is 3.05. The lowest BCUT2D eigenvalue weighted by Crippen LogP contribution is -2.35. The molecule has 0 aliphatic heterocycles. The molecule has 0 aromatic rings. The molecule has 18 heavy (non-hydrogen) atoms. The van der Waals surface area contributed by atoms with Gasteiger partial charge in [-0.2, -0.15) is 5.26 Å². The van der Waals surface area contributed by atoms with Crippen LogP contribution in [0.25, 0.3) is 0 Å². The minimum Gasteiger partial charge on any atom is -0.314 e. The summed E-state index contributed by atoms with van der Waals surface area (Å²) < 4.78 is 0. The topological polar surface area (TPSA) is 35.8 Å². The molecule has 1 aliphatic rings. The Hall–Kier alpha value is -0.550. The lowest BCUT2D eigenvalue weighted by molar-refractivity contribution is 0.279. The fraction of sp³-hybridized carbons (Fsp3) is 0.938. The molecular weight excluding hydrogens is 220 g/mol. The summed E-state index contributed by atoms with van der Waals surface area (Å²) in [5, 5.41) is 12.6. The molecule has 2 heteroatoms. The third kappa shape index (κ3) is 5.87. The zero-order chi connectivity index (χ0) is 13.4. The summed E-state index contributed by atoms with van der Waals surface area (Å²) in [7, 11) is 0. The van der Waals surface area contributed by atoms with Crippen molar-refractivity contribution in [3.8, 4) is 6.07 Å². The third-order valence-electron chi connectivity index (χ3n) is 4.35. The second-order valence-corrected chi connectivity index (χ2v) is 6.59. The van der Waals surface area contributed by atoms with Crippen LogP contribution in [-0.4, -0.2) is 12.6 Å². The van der Waals surface area contributed by atoms with Crippen molar-refractivity contribution in [3.63, 3.8) is 0 Å². The number of nitriles is 1.